The summed E-state index contributed by atoms with van der Waals surface area (Å²) >= 11 is 0. The fourth-order valence-electron chi connectivity index (χ4n) is 2.94. The van der Waals surface area contributed by atoms with Crippen LogP contribution >= 0.6 is 0 Å². The number of aryl methyl sites for hydroxylation is 1. The van der Waals surface area contributed by atoms with Crippen LogP contribution in [0.2, 0.25) is 0 Å². The van der Waals surface area contributed by atoms with Crippen molar-refractivity contribution in [2.24, 2.45) is 0 Å². The van der Waals surface area contributed by atoms with Crippen molar-refractivity contribution in [3.8, 4) is 5.75 Å². The lowest BCUT2D eigenvalue weighted by Crippen LogP contribution is -2.16. The standard InChI is InChI=1S/C21H25N3O2/c1-6-26-17-8-7-13-24-18(14(2)22-19(17)24)20(25)23-16-11-9-15(10-12-16)21(3,4)5/h7-13H,6H2,1-5H3,(H,23,25). The Morgan fingerprint density at radius 2 is 1.88 bits per heavy atom. The van der Waals surface area contributed by atoms with Crippen LogP contribution < -0.4 is 10.1 Å². The van der Waals surface area contributed by atoms with E-state index in [0.29, 0.717) is 29.4 Å². The first-order valence-electron chi connectivity index (χ1n) is 8.83. The third kappa shape index (κ3) is 3.43. The number of anilines is 1. The fourth-order valence-corrected chi connectivity index (χ4v) is 2.94. The third-order valence-electron chi connectivity index (χ3n) is 4.31. The molecule has 1 amide bonds. The van der Waals surface area contributed by atoms with E-state index in [2.05, 4.69) is 31.1 Å². The molecule has 0 saturated carbocycles. The smallest absolute Gasteiger partial charge is 0.274 e. The van der Waals surface area contributed by atoms with E-state index in [1.165, 1.54) is 5.56 Å². The first kappa shape index (κ1) is 18.0. The number of amides is 1. The van der Waals surface area contributed by atoms with Gasteiger partial charge in [0.05, 0.1) is 12.3 Å². The van der Waals surface area contributed by atoms with Gasteiger partial charge in [0.1, 0.15) is 5.69 Å². The summed E-state index contributed by atoms with van der Waals surface area (Å²) in [6.07, 6.45) is 1.83. The molecule has 5 nitrogen and oxygen atoms in total. The topological polar surface area (TPSA) is 55.6 Å². The number of benzene rings is 1. The minimum atomic E-state index is -0.188. The summed E-state index contributed by atoms with van der Waals surface area (Å²) in [7, 11) is 0. The van der Waals surface area contributed by atoms with Crippen LogP contribution in [0.3, 0.4) is 0 Å². The Bertz CT molecular complexity index is 934. The van der Waals surface area contributed by atoms with Gasteiger partial charge < -0.3 is 10.1 Å². The van der Waals surface area contributed by atoms with Crippen LogP contribution in [0.15, 0.2) is 42.6 Å². The highest BCUT2D eigenvalue weighted by atomic mass is 16.5. The van der Waals surface area contributed by atoms with E-state index in [-0.39, 0.29) is 11.3 Å². The number of nitrogens with zero attached hydrogens (tertiary/aromatic N) is 2. The van der Waals surface area contributed by atoms with Crippen LogP contribution in [-0.2, 0) is 5.41 Å². The number of ether oxygens (including phenoxy) is 1. The molecule has 5 heteroatoms. The number of aromatic nitrogens is 2. The normalized spacial score (nSPS) is 11.6. The zero-order valence-electron chi connectivity index (χ0n) is 16.0. The summed E-state index contributed by atoms with van der Waals surface area (Å²) in [5.74, 6) is 0.485. The molecule has 1 aromatic carbocycles. The molecular formula is C21H25N3O2. The van der Waals surface area contributed by atoms with Crippen molar-refractivity contribution in [1.82, 2.24) is 9.38 Å². The maximum atomic E-state index is 12.8. The minimum absolute atomic E-state index is 0.0798. The number of pyridine rings is 1. The lowest BCUT2D eigenvalue weighted by molar-refractivity contribution is 0.102. The Morgan fingerprint density at radius 3 is 2.50 bits per heavy atom. The van der Waals surface area contributed by atoms with Crippen molar-refractivity contribution >= 4 is 17.2 Å². The lowest BCUT2D eigenvalue weighted by atomic mass is 9.87. The van der Waals surface area contributed by atoms with E-state index in [1.807, 2.05) is 56.4 Å². The van der Waals surface area contributed by atoms with E-state index in [0.717, 1.165) is 5.69 Å². The summed E-state index contributed by atoms with van der Waals surface area (Å²) in [4.78, 5) is 17.4. The van der Waals surface area contributed by atoms with Crippen molar-refractivity contribution in [2.45, 2.75) is 40.0 Å². The average Bonchev–Trinajstić information content (AvgIpc) is 2.92. The van der Waals surface area contributed by atoms with Crippen LogP contribution in [0.4, 0.5) is 5.69 Å². The highest BCUT2D eigenvalue weighted by molar-refractivity contribution is 6.04. The minimum Gasteiger partial charge on any atom is -0.490 e. The van der Waals surface area contributed by atoms with Crippen molar-refractivity contribution < 1.29 is 9.53 Å². The second-order valence-electron chi connectivity index (χ2n) is 7.33. The van der Waals surface area contributed by atoms with Gasteiger partial charge in [-0.15, -0.1) is 0 Å². The molecule has 0 unspecified atom stereocenters. The molecule has 0 fully saturated rings. The molecule has 0 atom stereocenters. The second-order valence-corrected chi connectivity index (χ2v) is 7.33. The van der Waals surface area contributed by atoms with Crippen LogP contribution in [-0.4, -0.2) is 21.9 Å². The predicted molar refractivity (Wildman–Crippen MR) is 104 cm³/mol. The summed E-state index contributed by atoms with van der Waals surface area (Å²) < 4.78 is 7.39. The van der Waals surface area contributed by atoms with Gasteiger partial charge in [-0.25, -0.2) is 4.98 Å². The SMILES string of the molecule is CCOc1cccn2c(C(=O)Nc3ccc(C(C)(C)C)cc3)c(C)nc12. The second kappa shape index (κ2) is 6.83. The van der Waals surface area contributed by atoms with Gasteiger partial charge in [-0.05, 0) is 49.1 Å². The van der Waals surface area contributed by atoms with Gasteiger partial charge in [-0.3, -0.25) is 9.20 Å². The molecule has 0 saturated heterocycles. The fraction of sp³-hybridized carbons (Fsp3) is 0.333. The zero-order valence-corrected chi connectivity index (χ0v) is 16.0. The number of hydrogen-bond donors (Lipinski definition) is 1. The van der Waals surface area contributed by atoms with Crippen LogP contribution in [0.5, 0.6) is 5.75 Å². The zero-order chi connectivity index (χ0) is 18.9. The van der Waals surface area contributed by atoms with Gasteiger partial charge in [0, 0.05) is 11.9 Å². The number of fused-ring (bicyclic) bond motifs is 1. The van der Waals surface area contributed by atoms with Gasteiger partial charge in [-0.2, -0.15) is 0 Å². The molecule has 0 aliphatic rings. The summed E-state index contributed by atoms with van der Waals surface area (Å²) in [6.45, 7) is 10.8. The van der Waals surface area contributed by atoms with E-state index in [4.69, 9.17) is 4.74 Å². The highest BCUT2D eigenvalue weighted by Crippen LogP contribution is 2.25. The molecule has 2 aromatic heterocycles. The number of carbonyl (C=O) groups excluding carboxylic acids is 1. The van der Waals surface area contributed by atoms with E-state index >= 15 is 0 Å². The molecule has 3 aromatic rings. The van der Waals surface area contributed by atoms with E-state index in [1.54, 1.807) is 4.40 Å². The molecule has 26 heavy (non-hydrogen) atoms. The summed E-state index contributed by atoms with van der Waals surface area (Å²) in [6, 6.07) is 11.7. The van der Waals surface area contributed by atoms with Gasteiger partial charge >= 0.3 is 0 Å². The first-order chi connectivity index (χ1) is 12.3. The van der Waals surface area contributed by atoms with Crippen LogP contribution in [0, 0.1) is 6.92 Å². The molecule has 3 rings (SSSR count). The molecule has 2 heterocycles. The number of carbonyl (C=O) groups is 1. The third-order valence-corrected chi connectivity index (χ3v) is 4.31. The number of imidazole rings is 1. The Hall–Kier alpha value is -2.82. The summed E-state index contributed by atoms with van der Waals surface area (Å²) in [5, 5.41) is 2.97. The number of hydrogen-bond acceptors (Lipinski definition) is 3. The molecule has 136 valence electrons. The Kier molecular flexibility index (Phi) is 4.72. The van der Waals surface area contributed by atoms with E-state index < -0.39 is 0 Å². The van der Waals surface area contributed by atoms with Crippen molar-refractivity contribution in [3.05, 3.63) is 59.5 Å². The molecule has 1 N–H and O–H groups in total. The van der Waals surface area contributed by atoms with Crippen molar-refractivity contribution in [2.75, 3.05) is 11.9 Å². The maximum Gasteiger partial charge on any atom is 0.274 e. The average molecular weight is 351 g/mol. The highest BCUT2D eigenvalue weighted by Gasteiger charge is 2.19. The predicted octanol–water partition coefficient (Wildman–Crippen LogP) is 4.59. The van der Waals surface area contributed by atoms with Crippen LogP contribution in [0.25, 0.3) is 5.65 Å². The largest absolute Gasteiger partial charge is 0.490 e. The molecule has 0 spiro atoms. The lowest BCUT2D eigenvalue weighted by Gasteiger charge is -2.19. The number of rotatable bonds is 4. The quantitative estimate of drug-likeness (QED) is 0.748. The van der Waals surface area contributed by atoms with Gasteiger partial charge in [0.25, 0.3) is 5.91 Å². The van der Waals surface area contributed by atoms with Crippen LogP contribution in [0.1, 0.15) is 49.4 Å². The number of nitrogens with one attached hydrogen (secondary N) is 1. The van der Waals surface area contributed by atoms with Gasteiger partial charge in [0.15, 0.2) is 11.4 Å². The Balaban J connectivity index is 1.91. The molecular weight excluding hydrogens is 326 g/mol. The monoisotopic (exact) mass is 351 g/mol. The molecule has 0 aliphatic heterocycles. The van der Waals surface area contributed by atoms with Crippen molar-refractivity contribution in [1.29, 1.82) is 0 Å². The van der Waals surface area contributed by atoms with Gasteiger partial charge in [0.2, 0.25) is 0 Å². The maximum absolute atomic E-state index is 12.8. The molecule has 0 aliphatic carbocycles. The Morgan fingerprint density at radius 1 is 1.19 bits per heavy atom. The molecule has 0 bridgehead atoms. The molecule has 0 radical (unpaired) electrons. The van der Waals surface area contributed by atoms with Gasteiger partial charge in [-0.1, -0.05) is 32.9 Å². The summed E-state index contributed by atoms with van der Waals surface area (Å²) in [5.41, 5.74) is 3.90. The first-order valence-corrected chi connectivity index (χ1v) is 8.83. The Labute approximate surface area is 154 Å². The van der Waals surface area contributed by atoms with E-state index in [9.17, 15) is 4.79 Å². The van der Waals surface area contributed by atoms with Crippen molar-refractivity contribution in [3.63, 3.8) is 0 Å².